The van der Waals surface area contributed by atoms with Gasteiger partial charge in [-0.2, -0.15) is 0 Å². The number of benzene rings is 1. The second-order valence-electron chi connectivity index (χ2n) is 3.68. The molecule has 0 unspecified atom stereocenters. The lowest BCUT2D eigenvalue weighted by Gasteiger charge is -2.14. The van der Waals surface area contributed by atoms with Crippen molar-refractivity contribution in [3.8, 4) is 0 Å². The van der Waals surface area contributed by atoms with Crippen molar-refractivity contribution in [1.82, 2.24) is 5.06 Å². The zero-order valence-electron chi connectivity index (χ0n) is 8.43. The number of hydroxylamine groups is 2. The minimum atomic E-state index is -0.315. The molecule has 2 rings (SSSR count). The van der Waals surface area contributed by atoms with Gasteiger partial charge < -0.3 is 10.6 Å². The molecule has 0 aromatic heterocycles. The van der Waals surface area contributed by atoms with E-state index in [-0.39, 0.29) is 12.0 Å². The Bertz CT molecular complexity index is 340. The van der Waals surface area contributed by atoms with Gasteiger partial charge in [-0.25, -0.2) is 4.79 Å². The fraction of sp³-hybridized carbons (Fsp3) is 0.364. The highest BCUT2D eigenvalue weighted by Gasteiger charge is 2.22. The summed E-state index contributed by atoms with van der Waals surface area (Å²) in [6.07, 6.45) is 0.877. The Morgan fingerprint density at radius 2 is 2.13 bits per heavy atom. The molecule has 1 aliphatic heterocycles. The number of nitrogens with zero attached hydrogens (tertiary/aromatic N) is 1. The van der Waals surface area contributed by atoms with Crippen LogP contribution in [0.4, 0.5) is 0 Å². The molecule has 1 aliphatic rings. The van der Waals surface area contributed by atoms with Gasteiger partial charge in [0.2, 0.25) is 0 Å². The maximum atomic E-state index is 11.6. The molecule has 1 aromatic rings. The van der Waals surface area contributed by atoms with Gasteiger partial charge in [-0.3, -0.25) is 0 Å². The first kappa shape index (κ1) is 10.1. The van der Waals surface area contributed by atoms with Gasteiger partial charge >= 0.3 is 5.97 Å². The summed E-state index contributed by atoms with van der Waals surface area (Å²) in [6, 6.07) is 9.08. The maximum absolute atomic E-state index is 11.6. The normalized spacial score (nSPS) is 21.5. The molecule has 0 radical (unpaired) electrons. The van der Waals surface area contributed by atoms with Gasteiger partial charge in [-0.1, -0.05) is 18.2 Å². The number of carbonyl (C=O) groups excluding carboxylic acids is 1. The van der Waals surface area contributed by atoms with Crippen LogP contribution in [0.3, 0.4) is 0 Å². The first-order valence-corrected chi connectivity index (χ1v) is 5.03. The highest BCUT2D eigenvalue weighted by atomic mass is 16.7. The second-order valence-corrected chi connectivity index (χ2v) is 3.68. The minimum absolute atomic E-state index is 0.119. The van der Waals surface area contributed by atoms with Crippen molar-refractivity contribution in [2.75, 3.05) is 13.1 Å². The lowest BCUT2D eigenvalue weighted by molar-refractivity contribution is -0.0935. The topological polar surface area (TPSA) is 55.6 Å². The third kappa shape index (κ3) is 2.55. The van der Waals surface area contributed by atoms with E-state index in [9.17, 15) is 4.79 Å². The van der Waals surface area contributed by atoms with Crippen LogP contribution in [0.15, 0.2) is 30.3 Å². The van der Waals surface area contributed by atoms with E-state index in [1.165, 1.54) is 0 Å². The Morgan fingerprint density at radius 3 is 2.73 bits per heavy atom. The van der Waals surface area contributed by atoms with Crippen molar-refractivity contribution in [3.05, 3.63) is 35.9 Å². The molecule has 1 heterocycles. The maximum Gasteiger partial charge on any atom is 0.357 e. The van der Waals surface area contributed by atoms with Crippen LogP contribution in [-0.4, -0.2) is 30.2 Å². The molecule has 4 nitrogen and oxygen atoms in total. The van der Waals surface area contributed by atoms with Crippen LogP contribution in [-0.2, 0) is 4.84 Å². The number of rotatable bonds is 2. The van der Waals surface area contributed by atoms with Crippen LogP contribution in [0.2, 0.25) is 0 Å². The van der Waals surface area contributed by atoms with E-state index in [1.54, 1.807) is 17.2 Å². The summed E-state index contributed by atoms with van der Waals surface area (Å²) in [5.74, 6) is -0.315. The predicted molar refractivity (Wildman–Crippen MR) is 56.0 cm³/mol. The van der Waals surface area contributed by atoms with E-state index in [4.69, 9.17) is 10.6 Å². The van der Waals surface area contributed by atoms with Crippen molar-refractivity contribution in [3.63, 3.8) is 0 Å². The SMILES string of the molecule is N[C@@H]1CCN(OC(=O)c2ccccc2)C1. The van der Waals surface area contributed by atoms with Crippen LogP contribution >= 0.6 is 0 Å². The molecule has 0 bridgehead atoms. The van der Waals surface area contributed by atoms with Crippen LogP contribution < -0.4 is 5.73 Å². The summed E-state index contributed by atoms with van der Waals surface area (Å²) in [7, 11) is 0. The molecule has 1 atom stereocenters. The van der Waals surface area contributed by atoms with Gasteiger partial charge in [0.1, 0.15) is 0 Å². The summed E-state index contributed by atoms with van der Waals surface area (Å²) < 4.78 is 0. The van der Waals surface area contributed by atoms with Gasteiger partial charge in [-0.15, -0.1) is 5.06 Å². The van der Waals surface area contributed by atoms with E-state index in [0.717, 1.165) is 13.0 Å². The van der Waals surface area contributed by atoms with Crippen LogP contribution in [0, 0.1) is 0 Å². The quantitative estimate of drug-likeness (QED) is 0.777. The summed E-state index contributed by atoms with van der Waals surface area (Å²) in [5, 5.41) is 1.62. The Hall–Kier alpha value is -1.39. The summed E-state index contributed by atoms with van der Waals surface area (Å²) in [6.45, 7) is 1.35. The molecule has 4 heteroatoms. The number of nitrogens with two attached hydrogens (primary N) is 1. The molecule has 0 amide bonds. The van der Waals surface area contributed by atoms with Crippen LogP contribution in [0.25, 0.3) is 0 Å². The third-order valence-electron chi connectivity index (χ3n) is 2.41. The fourth-order valence-corrected chi connectivity index (χ4v) is 1.58. The van der Waals surface area contributed by atoms with Crippen molar-refractivity contribution in [1.29, 1.82) is 0 Å². The molecule has 1 aromatic carbocycles. The number of hydrogen-bond donors (Lipinski definition) is 1. The standard InChI is InChI=1S/C11H14N2O2/c12-10-6-7-13(8-10)15-11(14)9-4-2-1-3-5-9/h1-5,10H,6-8,12H2/t10-/m1/s1. The molecular weight excluding hydrogens is 192 g/mol. The lowest BCUT2D eigenvalue weighted by Crippen LogP contribution is -2.29. The van der Waals surface area contributed by atoms with E-state index in [0.29, 0.717) is 12.1 Å². The lowest BCUT2D eigenvalue weighted by atomic mass is 10.2. The molecular formula is C11H14N2O2. The molecule has 80 valence electrons. The zero-order valence-corrected chi connectivity index (χ0v) is 8.43. The molecule has 1 saturated heterocycles. The van der Waals surface area contributed by atoms with E-state index < -0.39 is 0 Å². The van der Waals surface area contributed by atoms with E-state index in [1.807, 2.05) is 18.2 Å². The molecule has 2 N–H and O–H groups in total. The van der Waals surface area contributed by atoms with Crippen molar-refractivity contribution in [2.45, 2.75) is 12.5 Å². The fourth-order valence-electron chi connectivity index (χ4n) is 1.58. The smallest absolute Gasteiger partial charge is 0.357 e. The Labute approximate surface area is 88.6 Å². The average Bonchev–Trinajstić information content (AvgIpc) is 2.65. The zero-order chi connectivity index (χ0) is 10.7. The number of carbonyl (C=O) groups is 1. The summed E-state index contributed by atoms with van der Waals surface area (Å²) in [5.41, 5.74) is 6.27. The van der Waals surface area contributed by atoms with Gasteiger partial charge in [0.15, 0.2) is 0 Å². The van der Waals surface area contributed by atoms with Gasteiger partial charge in [-0.05, 0) is 18.6 Å². The molecule has 0 spiro atoms. The van der Waals surface area contributed by atoms with E-state index >= 15 is 0 Å². The summed E-state index contributed by atoms with van der Waals surface area (Å²) >= 11 is 0. The monoisotopic (exact) mass is 206 g/mol. The first-order valence-electron chi connectivity index (χ1n) is 5.03. The Kier molecular flexibility index (Phi) is 2.99. The highest BCUT2D eigenvalue weighted by Crippen LogP contribution is 2.10. The van der Waals surface area contributed by atoms with E-state index in [2.05, 4.69) is 0 Å². The van der Waals surface area contributed by atoms with Crippen molar-refractivity contribution < 1.29 is 9.63 Å². The predicted octanol–water partition coefficient (Wildman–Crippen LogP) is 0.791. The summed E-state index contributed by atoms with van der Waals surface area (Å²) in [4.78, 5) is 16.8. The Balaban J connectivity index is 1.93. The largest absolute Gasteiger partial charge is 0.364 e. The molecule has 1 fully saturated rings. The second kappa shape index (κ2) is 4.42. The molecule has 0 saturated carbocycles. The molecule has 0 aliphatic carbocycles. The van der Waals surface area contributed by atoms with Crippen molar-refractivity contribution >= 4 is 5.97 Å². The minimum Gasteiger partial charge on any atom is -0.364 e. The highest BCUT2D eigenvalue weighted by molar-refractivity contribution is 5.89. The van der Waals surface area contributed by atoms with Crippen molar-refractivity contribution in [2.24, 2.45) is 5.73 Å². The number of hydrogen-bond acceptors (Lipinski definition) is 4. The third-order valence-corrected chi connectivity index (χ3v) is 2.41. The molecule has 15 heavy (non-hydrogen) atoms. The van der Waals surface area contributed by atoms with Crippen LogP contribution in [0.1, 0.15) is 16.8 Å². The van der Waals surface area contributed by atoms with Gasteiger partial charge in [0, 0.05) is 12.6 Å². The van der Waals surface area contributed by atoms with Gasteiger partial charge in [0.05, 0.1) is 12.1 Å². The van der Waals surface area contributed by atoms with Gasteiger partial charge in [0.25, 0.3) is 0 Å². The average molecular weight is 206 g/mol. The van der Waals surface area contributed by atoms with Crippen LogP contribution in [0.5, 0.6) is 0 Å². The first-order chi connectivity index (χ1) is 7.25. The Morgan fingerprint density at radius 1 is 1.40 bits per heavy atom.